The summed E-state index contributed by atoms with van der Waals surface area (Å²) in [6.45, 7) is 3.04. The molecule has 2 aromatic rings. The van der Waals surface area contributed by atoms with Crippen molar-refractivity contribution in [1.29, 1.82) is 0 Å². The van der Waals surface area contributed by atoms with Crippen LogP contribution in [0.1, 0.15) is 38.2 Å². The summed E-state index contributed by atoms with van der Waals surface area (Å²) >= 11 is 0. The number of rotatable bonds is 8. The fourth-order valence-corrected chi connectivity index (χ4v) is 2.35. The fraction of sp³-hybridized carbons (Fsp3) is 0.500. The molecule has 0 unspecified atom stereocenters. The van der Waals surface area contributed by atoms with Gasteiger partial charge in [-0.1, -0.05) is 26.2 Å². The molecule has 0 fully saturated rings. The number of pyridine rings is 1. The number of aromatic amines is 1. The Bertz CT molecular complexity index is 610. The zero-order valence-electron chi connectivity index (χ0n) is 12.9. The van der Waals surface area contributed by atoms with Gasteiger partial charge in [0.1, 0.15) is 0 Å². The number of unbranched alkanes of at least 4 members (excludes halogenated alkanes) is 3. The molecule has 0 amide bonds. The molecule has 120 valence electrons. The van der Waals surface area contributed by atoms with Crippen LogP contribution in [0.3, 0.4) is 0 Å². The number of nitrogens with zero attached hydrogens (tertiary/aromatic N) is 1. The van der Waals surface area contributed by atoms with Gasteiger partial charge in [-0.25, -0.2) is 4.79 Å². The van der Waals surface area contributed by atoms with Gasteiger partial charge < -0.3 is 20.2 Å². The molecule has 0 aromatic carbocycles. The molecule has 0 atom stereocenters. The minimum Gasteiger partial charge on any atom is -0.434 e. The van der Waals surface area contributed by atoms with Crippen LogP contribution in [-0.4, -0.2) is 29.3 Å². The third-order valence-electron chi connectivity index (χ3n) is 3.46. The van der Waals surface area contributed by atoms with Gasteiger partial charge in [-0.3, -0.25) is 4.98 Å². The highest BCUT2D eigenvalue weighted by Crippen LogP contribution is 2.28. The van der Waals surface area contributed by atoms with Crippen molar-refractivity contribution in [3.8, 4) is 5.75 Å². The average Bonchev–Trinajstić information content (AvgIpc) is 2.92. The van der Waals surface area contributed by atoms with Gasteiger partial charge in [0.25, 0.3) is 0 Å². The smallest absolute Gasteiger partial charge is 0.434 e. The van der Waals surface area contributed by atoms with Crippen molar-refractivity contribution >= 4 is 17.1 Å². The first kappa shape index (κ1) is 16.3. The molecule has 0 radical (unpaired) electrons. The number of fused-ring (bicyclic) bond motifs is 1. The van der Waals surface area contributed by atoms with Crippen LogP contribution in [0.4, 0.5) is 4.79 Å². The number of hydrogen-bond donors (Lipinski definition) is 2. The van der Waals surface area contributed by atoms with Crippen molar-refractivity contribution in [3.05, 3.63) is 24.2 Å². The molecule has 2 aromatic heterocycles. The number of hydrogen-bond acceptors (Lipinski definition) is 5. The van der Waals surface area contributed by atoms with E-state index < -0.39 is 6.16 Å². The number of ether oxygens (including phenoxy) is 2. The summed E-state index contributed by atoms with van der Waals surface area (Å²) in [5.41, 5.74) is 7.43. The van der Waals surface area contributed by atoms with E-state index in [-0.39, 0.29) is 0 Å². The molecule has 6 heteroatoms. The zero-order valence-corrected chi connectivity index (χ0v) is 12.9. The van der Waals surface area contributed by atoms with Gasteiger partial charge in [0.15, 0.2) is 5.75 Å². The monoisotopic (exact) mass is 305 g/mol. The van der Waals surface area contributed by atoms with Crippen LogP contribution in [-0.2, 0) is 11.2 Å². The van der Waals surface area contributed by atoms with Crippen molar-refractivity contribution in [2.24, 2.45) is 5.73 Å². The van der Waals surface area contributed by atoms with Crippen molar-refractivity contribution in [3.63, 3.8) is 0 Å². The zero-order chi connectivity index (χ0) is 15.8. The van der Waals surface area contributed by atoms with Crippen molar-refractivity contribution in [2.75, 3.05) is 13.2 Å². The number of aromatic nitrogens is 2. The molecule has 0 aliphatic rings. The number of carbonyl (C=O) groups excluding carboxylic acids is 1. The van der Waals surface area contributed by atoms with E-state index in [1.165, 1.54) is 6.20 Å². The third kappa shape index (κ3) is 4.21. The SMILES string of the molecule is CCCCCCOC(=O)Oc1cncc2[nH]cc(CCN)c12. The van der Waals surface area contributed by atoms with E-state index in [0.717, 1.165) is 42.1 Å². The van der Waals surface area contributed by atoms with E-state index >= 15 is 0 Å². The first-order valence-electron chi connectivity index (χ1n) is 7.75. The molecule has 6 nitrogen and oxygen atoms in total. The predicted molar refractivity (Wildman–Crippen MR) is 85.0 cm³/mol. The van der Waals surface area contributed by atoms with E-state index in [1.807, 2.05) is 6.20 Å². The number of nitrogens with two attached hydrogens (primary N) is 1. The summed E-state index contributed by atoms with van der Waals surface area (Å²) in [5, 5.41) is 0.836. The first-order valence-corrected chi connectivity index (χ1v) is 7.75. The molecule has 2 rings (SSSR count). The fourth-order valence-electron chi connectivity index (χ4n) is 2.35. The van der Waals surface area contributed by atoms with Crippen molar-refractivity contribution in [2.45, 2.75) is 39.0 Å². The Morgan fingerprint density at radius 3 is 2.95 bits per heavy atom. The van der Waals surface area contributed by atoms with Gasteiger partial charge in [-0.05, 0) is 24.9 Å². The Morgan fingerprint density at radius 2 is 2.18 bits per heavy atom. The normalized spacial score (nSPS) is 10.8. The minimum atomic E-state index is -0.689. The molecule has 0 spiro atoms. The second-order valence-electron chi connectivity index (χ2n) is 5.17. The second-order valence-corrected chi connectivity index (χ2v) is 5.17. The Kier molecular flexibility index (Phi) is 6.21. The molecule has 0 bridgehead atoms. The van der Waals surface area contributed by atoms with Gasteiger partial charge >= 0.3 is 6.16 Å². The largest absolute Gasteiger partial charge is 0.513 e. The Morgan fingerprint density at radius 1 is 1.32 bits per heavy atom. The van der Waals surface area contributed by atoms with E-state index in [0.29, 0.717) is 25.3 Å². The van der Waals surface area contributed by atoms with E-state index in [1.54, 1.807) is 6.20 Å². The summed E-state index contributed by atoms with van der Waals surface area (Å²) in [6, 6.07) is 0. The lowest BCUT2D eigenvalue weighted by atomic mass is 10.1. The van der Waals surface area contributed by atoms with Gasteiger partial charge in [-0.2, -0.15) is 0 Å². The third-order valence-corrected chi connectivity index (χ3v) is 3.46. The molecular formula is C16H23N3O3. The van der Waals surface area contributed by atoms with Crippen molar-refractivity contribution < 1.29 is 14.3 Å². The Hall–Kier alpha value is -2.08. The lowest BCUT2D eigenvalue weighted by Gasteiger charge is -2.07. The average molecular weight is 305 g/mol. The first-order chi connectivity index (χ1) is 10.8. The predicted octanol–water partition coefficient (Wildman–Crippen LogP) is 3.16. The Labute approximate surface area is 130 Å². The molecule has 0 aliphatic carbocycles. The number of H-pyrrole nitrogens is 1. The van der Waals surface area contributed by atoms with Gasteiger partial charge in [0, 0.05) is 11.6 Å². The number of nitrogens with one attached hydrogen (secondary N) is 1. The van der Waals surface area contributed by atoms with Crippen LogP contribution >= 0.6 is 0 Å². The molecule has 3 N–H and O–H groups in total. The summed E-state index contributed by atoms with van der Waals surface area (Å²) in [4.78, 5) is 18.9. The summed E-state index contributed by atoms with van der Waals surface area (Å²) in [7, 11) is 0. The molecule has 22 heavy (non-hydrogen) atoms. The van der Waals surface area contributed by atoms with Gasteiger partial charge in [-0.15, -0.1) is 0 Å². The number of carbonyl (C=O) groups is 1. The molecular weight excluding hydrogens is 282 g/mol. The second kappa shape index (κ2) is 8.38. The maximum absolute atomic E-state index is 11.8. The van der Waals surface area contributed by atoms with Crippen molar-refractivity contribution in [1.82, 2.24) is 9.97 Å². The van der Waals surface area contributed by atoms with Crippen LogP contribution < -0.4 is 10.5 Å². The maximum Gasteiger partial charge on any atom is 0.513 e. The minimum absolute atomic E-state index is 0.380. The summed E-state index contributed by atoms with van der Waals surface area (Å²) in [6.07, 6.45) is 9.29. The summed E-state index contributed by atoms with van der Waals surface area (Å²) < 4.78 is 10.4. The topological polar surface area (TPSA) is 90.2 Å². The van der Waals surface area contributed by atoms with Crippen LogP contribution in [0.5, 0.6) is 5.75 Å². The quantitative estimate of drug-likeness (QED) is 0.577. The summed E-state index contributed by atoms with van der Waals surface area (Å²) in [5.74, 6) is 0.403. The molecule has 0 saturated carbocycles. The van der Waals surface area contributed by atoms with Crippen LogP contribution in [0.25, 0.3) is 10.9 Å². The highest BCUT2D eigenvalue weighted by molar-refractivity contribution is 5.89. The van der Waals surface area contributed by atoms with E-state index in [4.69, 9.17) is 15.2 Å². The van der Waals surface area contributed by atoms with Gasteiger partial charge in [0.05, 0.1) is 24.5 Å². The highest BCUT2D eigenvalue weighted by atomic mass is 16.7. The molecule has 0 aliphatic heterocycles. The van der Waals surface area contributed by atoms with Gasteiger partial charge in [0.2, 0.25) is 0 Å². The molecule has 0 saturated heterocycles. The highest BCUT2D eigenvalue weighted by Gasteiger charge is 2.14. The van der Waals surface area contributed by atoms with Crippen LogP contribution in [0, 0.1) is 0 Å². The maximum atomic E-state index is 11.8. The standard InChI is InChI=1S/C16H23N3O3/c1-2-3-4-5-8-21-16(20)22-14-11-18-10-13-15(14)12(6-7-17)9-19-13/h9-11,19H,2-8,17H2,1H3. The lowest BCUT2D eigenvalue weighted by molar-refractivity contribution is 0.0977. The lowest BCUT2D eigenvalue weighted by Crippen LogP contribution is -2.12. The van der Waals surface area contributed by atoms with E-state index in [9.17, 15) is 4.79 Å². The van der Waals surface area contributed by atoms with E-state index in [2.05, 4.69) is 16.9 Å². The van der Waals surface area contributed by atoms with Crippen LogP contribution in [0.2, 0.25) is 0 Å². The van der Waals surface area contributed by atoms with Crippen LogP contribution in [0.15, 0.2) is 18.6 Å². The molecule has 2 heterocycles. The Balaban J connectivity index is 1.98.